The molecule has 1 rings (SSSR count). The summed E-state index contributed by atoms with van der Waals surface area (Å²) in [5, 5.41) is 0. The number of rotatable bonds is 3. The van der Waals surface area contributed by atoms with Crippen LogP contribution in [-0.4, -0.2) is 0 Å². The third-order valence-corrected chi connectivity index (χ3v) is 2.16. The molecule has 86 valence electrons. The molecule has 0 aliphatic rings. The smallest absolute Gasteiger partial charge is 0.343 e. The van der Waals surface area contributed by atoms with E-state index in [2.05, 4.69) is 46.8 Å². The molecule has 16 heavy (non-hydrogen) atoms. The van der Waals surface area contributed by atoms with Gasteiger partial charge in [0.1, 0.15) is 0 Å². The first-order chi connectivity index (χ1) is 7.02. The second-order valence-electron chi connectivity index (χ2n) is 4.46. The van der Waals surface area contributed by atoms with E-state index < -0.39 is 0 Å². The van der Waals surface area contributed by atoms with Gasteiger partial charge in [-0.2, -0.15) is 6.42 Å². The van der Waals surface area contributed by atoms with Gasteiger partial charge in [-0.15, -0.1) is 5.41 Å². The molecule has 0 fully saturated rings. The van der Waals surface area contributed by atoms with Gasteiger partial charge in [0, 0.05) is 0 Å². The molecular weight excluding hydrogens is 246 g/mol. The Morgan fingerprint density at radius 1 is 1.12 bits per heavy atom. The molecule has 0 saturated heterocycles. The van der Waals surface area contributed by atoms with Crippen molar-refractivity contribution in [2.75, 3.05) is 0 Å². The molecule has 1 heteroatoms. The normalized spacial score (nSPS) is 9.81. The zero-order chi connectivity index (χ0) is 11.7. The van der Waals surface area contributed by atoms with Crippen molar-refractivity contribution >= 4 is 0 Å². The SMILES string of the molecule is [CH2-]C(C)(C)c1ccccc1.[CH2-]CCCC.[Zn+2]. The Morgan fingerprint density at radius 3 is 1.81 bits per heavy atom. The molecule has 0 aromatic heterocycles. The van der Waals surface area contributed by atoms with Crippen LogP contribution in [0.25, 0.3) is 0 Å². The first-order valence-corrected chi connectivity index (χ1v) is 5.72. The zero-order valence-electron chi connectivity index (χ0n) is 11.1. The summed E-state index contributed by atoms with van der Waals surface area (Å²) >= 11 is 0. The van der Waals surface area contributed by atoms with Crippen molar-refractivity contribution in [2.45, 2.75) is 45.4 Å². The molecule has 0 radical (unpaired) electrons. The van der Waals surface area contributed by atoms with E-state index in [1.54, 1.807) is 0 Å². The van der Waals surface area contributed by atoms with E-state index in [0.29, 0.717) is 0 Å². The first-order valence-electron chi connectivity index (χ1n) is 5.72. The van der Waals surface area contributed by atoms with E-state index in [0.717, 1.165) is 6.42 Å². The number of hydrogen-bond donors (Lipinski definition) is 0. The summed E-state index contributed by atoms with van der Waals surface area (Å²) in [4.78, 5) is 0. The van der Waals surface area contributed by atoms with Gasteiger partial charge in [0.2, 0.25) is 0 Å². The van der Waals surface area contributed by atoms with Gasteiger partial charge in [0.15, 0.2) is 0 Å². The number of benzene rings is 1. The third-order valence-electron chi connectivity index (χ3n) is 2.16. The molecule has 0 heterocycles. The Balaban J connectivity index is 0. The van der Waals surface area contributed by atoms with Crippen LogP contribution in [0.5, 0.6) is 0 Å². The maximum Gasteiger partial charge on any atom is 2.00 e. The summed E-state index contributed by atoms with van der Waals surface area (Å²) < 4.78 is 0. The molecule has 0 nitrogen and oxygen atoms in total. The Kier molecular flexibility index (Phi) is 11.4. The van der Waals surface area contributed by atoms with Crippen LogP contribution in [0.3, 0.4) is 0 Å². The fraction of sp³-hybridized carbons (Fsp3) is 0.467. The van der Waals surface area contributed by atoms with Crippen molar-refractivity contribution in [1.29, 1.82) is 0 Å². The molecule has 0 saturated carbocycles. The van der Waals surface area contributed by atoms with Crippen molar-refractivity contribution in [3.63, 3.8) is 0 Å². The summed E-state index contributed by atoms with van der Waals surface area (Å²) in [5.74, 6) is 0. The Morgan fingerprint density at radius 2 is 1.62 bits per heavy atom. The third kappa shape index (κ3) is 9.10. The minimum absolute atomic E-state index is 0. The summed E-state index contributed by atoms with van der Waals surface area (Å²) in [6.45, 7) is 14.1. The largest absolute Gasteiger partial charge is 2.00 e. The second-order valence-corrected chi connectivity index (χ2v) is 4.46. The molecular formula is C15H24Zn. The van der Waals surface area contributed by atoms with E-state index in [4.69, 9.17) is 0 Å². The maximum atomic E-state index is 4.04. The van der Waals surface area contributed by atoms with Crippen LogP contribution in [0.15, 0.2) is 30.3 Å². The van der Waals surface area contributed by atoms with Crippen molar-refractivity contribution in [3.05, 3.63) is 49.7 Å². The molecule has 0 amide bonds. The average molecular weight is 270 g/mol. The summed E-state index contributed by atoms with van der Waals surface area (Å²) in [7, 11) is 0. The van der Waals surface area contributed by atoms with Gasteiger partial charge in [-0.3, -0.25) is 0 Å². The van der Waals surface area contributed by atoms with Crippen molar-refractivity contribution in [2.24, 2.45) is 0 Å². The van der Waals surface area contributed by atoms with Crippen LogP contribution in [-0.2, 0) is 24.9 Å². The van der Waals surface area contributed by atoms with Gasteiger partial charge in [0.05, 0.1) is 0 Å². The molecule has 0 unspecified atom stereocenters. The van der Waals surface area contributed by atoms with Crippen LogP contribution in [0.2, 0.25) is 0 Å². The van der Waals surface area contributed by atoms with Gasteiger partial charge in [-0.05, 0) is 0 Å². The predicted molar refractivity (Wildman–Crippen MR) is 69.7 cm³/mol. The molecule has 0 aliphatic heterocycles. The quantitative estimate of drug-likeness (QED) is 0.546. The van der Waals surface area contributed by atoms with E-state index in [-0.39, 0.29) is 24.9 Å². The van der Waals surface area contributed by atoms with Gasteiger partial charge >= 0.3 is 19.5 Å². The van der Waals surface area contributed by atoms with E-state index >= 15 is 0 Å². The molecule has 1 aromatic carbocycles. The second kappa shape index (κ2) is 10.0. The minimum Gasteiger partial charge on any atom is -0.343 e. The van der Waals surface area contributed by atoms with Crippen LogP contribution in [0, 0.1) is 13.8 Å². The van der Waals surface area contributed by atoms with Gasteiger partial charge in [-0.25, -0.2) is 0 Å². The predicted octanol–water partition coefficient (Wildman–Crippen LogP) is 4.81. The first kappa shape index (κ1) is 18.2. The Labute approximate surface area is 115 Å². The van der Waals surface area contributed by atoms with Crippen molar-refractivity contribution in [3.8, 4) is 0 Å². The fourth-order valence-electron chi connectivity index (χ4n) is 1.14. The van der Waals surface area contributed by atoms with Gasteiger partial charge < -0.3 is 13.8 Å². The summed E-state index contributed by atoms with van der Waals surface area (Å²) in [6.07, 6.45) is 3.65. The topological polar surface area (TPSA) is 0 Å². The van der Waals surface area contributed by atoms with Gasteiger partial charge in [-0.1, -0.05) is 69.5 Å². The Hall–Kier alpha value is -0.157. The standard InChI is InChI=1S/C10H13.C5H11.Zn/c1-10(2,3)9-7-5-4-6-8-9;1-3-5-4-2;/h4-8H,1H2,2-3H3;1,3-5H2,2H3;/q2*-1;+2. The summed E-state index contributed by atoms with van der Waals surface area (Å²) in [5.41, 5.74) is 1.33. The molecule has 0 N–H and O–H groups in total. The van der Waals surface area contributed by atoms with E-state index in [1.807, 2.05) is 18.2 Å². The molecule has 0 atom stereocenters. The van der Waals surface area contributed by atoms with Crippen molar-refractivity contribution < 1.29 is 19.5 Å². The monoisotopic (exact) mass is 268 g/mol. The number of unbranched alkanes of at least 4 members (excludes halogenated alkanes) is 2. The average Bonchev–Trinajstić information content (AvgIpc) is 2.20. The van der Waals surface area contributed by atoms with Crippen molar-refractivity contribution in [1.82, 2.24) is 0 Å². The van der Waals surface area contributed by atoms with E-state index in [9.17, 15) is 0 Å². The maximum absolute atomic E-state index is 4.04. The zero-order valence-corrected chi connectivity index (χ0v) is 14.1. The molecule has 0 aliphatic carbocycles. The van der Waals surface area contributed by atoms with E-state index in [1.165, 1.54) is 18.4 Å². The van der Waals surface area contributed by atoms with Crippen LogP contribution in [0.4, 0.5) is 0 Å². The Bertz CT molecular complexity index is 231. The molecule has 0 spiro atoms. The minimum atomic E-state index is 0. The van der Waals surface area contributed by atoms with Crippen LogP contribution >= 0.6 is 0 Å². The van der Waals surface area contributed by atoms with Crippen LogP contribution in [0.1, 0.15) is 45.6 Å². The van der Waals surface area contributed by atoms with Gasteiger partial charge in [0.25, 0.3) is 0 Å². The summed E-state index contributed by atoms with van der Waals surface area (Å²) in [6, 6.07) is 10.3. The fourth-order valence-corrected chi connectivity index (χ4v) is 1.14. The molecule has 1 aromatic rings. The van der Waals surface area contributed by atoms with Crippen LogP contribution < -0.4 is 0 Å². The molecule has 0 bridgehead atoms. The number of hydrogen-bond acceptors (Lipinski definition) is 0.